The molecular formula is C13H14N4OS. The van der Waals surface area contributed by atoms with Crippen LogP contribution in [0.5, 0.6) is 5.75 Å². The summed E-state index contributed by atoms with van der Waals surface area (Å²) in [6, 6.07) is 9.91. The highest BCUT2D eigenvalue weighted by molar-refractivity contribution is 7.99. The van der Waals surface area contributed by atoms with Gasteiger partial charge in [-0.2, -0.15) is 5.26 Å². The maximum absolute atomic E-state index is 8.55. The Morgan fingerprint density at radius 1 is 1.37 bits per heavy atom. The van der Waals surface area contributed by atoms with Gasteiger partial charge in [-0.25, -0.2) is 0 Å². The van der Waals surface area contributed by atoms with E-state index in [2.05, 4.69) is 16.3 Å². The summed E-state index contributed by atoms with van der Waals surface area (Å²) in [4.78, 5) is 0. The first-order chi connectivity index (χ1) is 9.22. The highest BCUT2D eigenvalue weighted by Gasteiger charge is 2.09. The van der Waals surface area contributed by atoms with Crippen LogP contribution in [0.1, 0.15) is 11.4 Å². The lowest BCUT2D eigenvalue weighted by molar-refractivity contribution is 0.288. The Labute approximate surface area is 116 Å². The van der Waals surface area contributed by atoms with E-state index in [-0.39, 0.29) is 0 Å². The molecule has 2 aromatic rings. The molecule has 0 saturated heterocycles. The number of thioether (sulfide) groups is 1. The number of benzene rings is 1. The molecule has 0 aliphatic heterocycles. The fourth-order valence-electron chi connectivity index (χ4n) is 1.55. The summed E-state index contributed by atoms with van der Waals surface area (Å²) in [6.45, 7) is 2.36. The first-order valence-electron chi connectivity index (χ1n) is 5.79. The molecule has 2 rings (SSSR count). The molecule has 0 bridgehead atoms. The van der Waals surface area contributed by atoms with Crippen molar-refractivity contribution in [1.29, 1.82) is 5.26 Å². The second-order valence-electron chi connectivity index (χ2n) is 3.96. The first-order valence-corrected chi connectivity index (χ1v) is 6.77. The number of rotatable bonds is 5. The zero-order valence-electron chi connectivity index (χ0n) is 10.8. The molecule has 0 atom stereocenters. The number of para-hydroxylation sites is 1. The molecule has 0 N–H and O–H groups in total. The van der Waals surface area contributed by atoms with Gasteiger partial charge in [0.15, 0.2) is 11.0 Å². The van der Waals surface area contributed by atoms with E-state index in [0.29, 0.717) is 12.4 Å². The molecule has 0 spiro atoms. The second-order valence-corrected chi connectivity index (χ2v) is 4.90. The third-order valence-electron chi connectivity index (χ3n) is 2.64. The standard InChI is InChI=1S/C13H14N4OS/c1-10-5-3-4-6-11(10)18-9-12-15-16-13(17(12)2)19-8-7-14/h3-6H,8-9H2,1-2H3. The predicted octanol–water partition coefficient (Wildman–Crippen LogP) is 2.32. The number of hydrogen-bond acceptors (Lipinski definition) is 5. The predicted molar refractivity (Wildman–Crippen MR) is 72.9 cm³/mol. The normalized spacial score (nSPS) is 10.2. The maximum Gasteiger partial charge on any atom is 0.192 e. The van der Waals surface area contributed by atoms with Crippen LogP contribution in [0.15, 0.2) is 29.4 Å². The van der Waals surface area contributed by atoms with E-state index in [1.54, 1.807) is 0 Å². The fourth-order valence-corrected chi connectivity index (χ4v) is 2.15. The molecule has 0 amide bonds. The van der Waals surface area contributed by atoms with Gasteiger partial charge in [-0.05, 0) is 18.6 Å². The van der Waals surface area contributed by atoms with E-state index < -0.39 is 0 Å². The van der Waals surface area contributed by atoms with Gasteiger partial charge in [0, 0.05) is 7.05 Å². The Kier molecular flexibility index (Phi) is 4.42. The van der Waals surface area contributed by atoms with Crippen LogP contribution >= 0.6 is 11.8 Å². The highest BCUT2D eigenvalue weighted by Crippen LogP contribution is 2.19. The van der Waals surface area contributed by atoms with Crippen molar-refractivity contribution in [2.24, 2.45) is 7.05 Å². The SMILES string of the molecule is Cc1ccccc1OCc1nnc(SCC#N)n1C. The van der Waals surface area contributed by atoms with Crippen LogP contribution in [0.4, 0.5) is 0 Å². The van der Waals surface area contributed by atoms with E-state index in [1.165, 1.54) is 11.8 Å². The number of aryl methyl sites for hydroxylation is 1. The summed E-state index contributed by atoms with van der Waals surface area (Å²) in [7, 11) is 1.87. The molecule has 0 aliphatic rings. The zero-order chi connectivity index (χ0) is 13.7. The van der Waals surface area contributed by atoms with Crippen molar-refractivity contribution < 1.29 is 4.74 Å². The molecule has 98 valence electrons. The van der Waals surface area contributed by atoms with Crippen LogP contribution in [0.25, 0.3) is 0 Å². The summed E-state index contributed by atoms with van der Waals surface area (Å²) in [5, 5.41) is 17.4. The minimum atomic E-state index is 0.363. The van der Waals surface area contributed by atoms with E-state index in [9.17, 15) is 0 Å². The van der Waals surface area contributed by atoms with Gasteiger partial charge < -0.3 is 9.30 Å². The van der Waals surface area contributed by atoms with Crippen LogP contribution in [0, 0.1) is 18.3 Å². The molecule has 1 aromatic heterocycles. The first kappa shape index (κ1) is 13.4. The summed E-state index contributed by atoms with van der Waals surface area (Å²) < 4.78 is 7.57. The number of hydrogen-bond donors (Lipinski definition) is 0. The molecule has 0 saturated carbocycles. The van der Waals surface area contributed by atoms with Crippen molar-refractivity contribution in [2.45, 2.75) is 18.7 Å². The fraction of sp³-hybridized carbons (Fsp3) is 0.308. The number of ether oxygens (including phenoxy) is 1. The Balaban J connectivity index is 2.03. The van der Waals surface area contributed by atoms with Gasteiger partial charge >= 0.3 is 0 Å². The van der Waals surface area contributed by atoms with Gasteiger partial charge in [0.05, 0.1) is 11.8 Å². The maximum atomic E-state index is 8.55. The quantitative estimate of drug-likeness (QED) is 0.783. The highest BCUT2D eigenvalue weighted by atomic mass is 32.2. The number of nitrogens with zero attached hydrogens (tertiary/aromatic N) is 4. The van der Waals surface area contributed by atoms with Gasteiger partial charge in [0.1, 0.15) is 12.4 Å². The van der Waals surface area contributed by atoms with Gasteiger partial charge in [-0.1, -0.05) is 30.0 Å². The second kappa shape index (κ2) is 6.25. The van der Waals surface area contributed by atoms with Crippen molar-refractivity contribution in [1.82, 2.24) is 14.8 Å². The molecular weight excluding hydrogens is 260 g/mol. The van der Waals surface area contributed by atoms with Crippen LogP contribution in [-0.4, -0.2) is 20.5 Å². The lowest BCUT2D eigenvalue weighted by Gasteiger charge is -2.08. The average molecular weight is 274 g/mol. The Morgan fingerprint density at radius 2 is 2.16 bits per heavy atom. The number of nitriles is 1. The van der Waals surface area contributed by atoms with E-state index >= 15 is 0 Å². The van der Waals surface area contributed by atoms with Crippen LogP contribution < -0.4 is 4.74 Å². The third kappa shape index (κ3) is 3.26. The van der Waals surface area contributed by atoms with Gasteiger partial charge in [-0.15, -0.1) is 10.2 Å². The van der Waals surface area contributed by atoms with E-state index in [4.69, 9.17) is 10.00 Å². The summed E-state index contributed by atoms with van der Waals surface area (Å²) in [5.74, 6) is 1.95. The van der Waals surface area contributed by atoms with Crippen molar-refractivity contribution in [3.8, 4) is 11.8 Å². The monoisotopic (exact) mass is 274 g/mol. The van der Waals surface area contributed by atoms with E-state index in [0.717, 1.165) is 22.3 Å². The lowest BCUT2D eigenvalue weighted by atomic mass is 10.2. The molecule has 1 heterocycles. The molecule has 1 aromatic carbocycles. The largest absolute Gasteiger partial charge is 0.485 e. The van der Waals surface area contributed by atoms with Crippen molar-refractivity contribution in [3.63, 3.8) is 0 Å². The molecule has 6 heteroatoms. The zero-order valence-corrected chi connectivity index (χ0v) is 11.6. The van der Waals surface area contributed by atoms with Gasteiger partial charge in [-0.3, -0.25) is 0 Å². The summed E-state index contributed by atoms with van der Waals surface area (Å²) in [6.07, 6.45) is 0. The van der Waals surface area contributed by atoms with Crippen LogP contribution in [0.2, 0.25) is 0 Å². The molecule has 19 heavy (non-hydrogen) atoms. The van der Waals surface area contributed by atoms with Crippen molar-refractivity contribution >= 4 is 11.8 Å². The van der Waals surface area contributed by atoms with Crippen molar-refractivity contribution in [2.75, 3.05) is 5.75 Å². The minimum absolute atomic E-state index is 0.363. The summed E-state index contributed by atoms with van der Waals surface area (Å²) in [5.41, 5.74) is 1.09. The van der Waals surface area contributed by atoms with Crippen LogP contribution in [0.3, 0.4) is 0 Å². The molecule has 0 fully saturated rings. The molecule has 0 radical (unpaired) electrons. The third-order valence-corrected chi connectivity index (χ3v) is 3.53. The molecule has 0 aliphatic carbocycles. The Hall–Kier alpha value is -2.00. The average Bonchev–Trinajstić information content (AvgIpc) is 2.76. The minimum Gasteiger partial charge on any atom is -0.485 e. The Bertz CT molecular complexity index is 603. The van der Waals surface area contributed by atoms with Gasteiger partial charge in [0.2, 0.25) is 0 Å². The van der Waals surface area contributed by atoms with E-state index in [1.807, 2.05) is 42.8 Å². The van der Waals surface area contributed by atoms with Crippen molar-refractivity contribution in [3.05, 3.63) is 35.7 Å². The Morgan fingerprint density at radius 3 is 2.89 bits per heavy atom. The van der Waals surface area contributed by atoms with Crippen LogP contribution in [-0.2, 0) is 13.7 Å². The smallest absolute Gasteiger partial charge is 0.192 e. The molecule has 0 unspecified atom stereocenters. The summed E-state index contributed by atoms with van der Waals surface area (Å²) >= 11 is 1.37. The topological polar surface area (TPSA) is 63.7 Å². The van der Waals surface area contributed by atoms with Gasteiger partial charge in [0.25, 0.3) is 0 Å². The number of aromatic nitrogens is 3. The lowest BCUT2D eigenvalue weighted by Crippen LogP contribution is -2.04. The molecule has 5 nitrogen and oxygen atoms in total.